The average molecular weight is 264 g/mol. The first-order chi connectivity index (χ1) is 8.99. The third-order valence-electron chi connectivity index (χ3n) is 3.36. The maximum absolute atomic E-state index is 12.0. The summed E-state index contributed by atoms with van der Waals surface area (Å²) in [7, 11) is 0. The van der Waals surface area contributed by atoms with Gasteiger partial charge in [-0.25, -0.2) is 9.78 Å². The Labute approximate surface area is 113 Å². The number of aromatic nitrogens is 1. The molecule has 5 nitrogen and oxygen atoms in total. The molecule has 0 aliphatic carbocycles. The molecule has 0 saturated heterocycles. The van der Waals surface area contributed by atoms with E-state index in [1.54, 1.807) is 0 Å². The predicted molar refractivity (Wildman–Crippen MR) is 72.2 cm³/mol. The van der Waals surface area contributed by atoms with Crippen LogP contribution in [0.15, 0.2) is 18.3 Å². The minimum absolute atomic E-state index is 0.0592. The van der Waals surface area contributed by atoms with Crippen LogP contribution < -0.4 is 5.32 Å². The Hall–Kier alpha value is -1.91. The highest BCUT2D eigenvalue weighted by Crippen LogP contribution is 2.13. The summed E-state index contributed by atoms with van der Waals surface area (Å²) in [4.78, 5) is 26.5. The molecule has 0 radical (unpaired) electrons. The zero-order valence-electron chi connectivity index (χ0n) is 11.5. The van der Waals surface area contributed by atoms with Crippen molar-refractivity contribution in [3.05, 3.63) is 29.6 Å². The number of nitrogens with one attached hydrogen (secondary N) is 1. The largest absolute Gasteiger partial charge is 0.477 e. The molecule has 0 spiro atoms. The number of rotatable bonds is 6. The van der Waals surface area contributed by atoms with Crippen molar-refractivity contribution in [1.29, 1.82) is 0 Å². The van der Waals surface area contributed by atoms with E-state index in [0.717, 1.165) is 12.8 Å². The van der Waals surface area contributed by atoms with Crippen molar-refractivity contribution in [2.75, 3.05) is 0 Å². The second-order valence-electron chi connectivity index (χ2n) is 4.57. The molecule has 0 aliphatic rings. The molecule has 1 atom stereocenters. The zero-order valence-corrected chi connectivity index (χ0v) is 11.5. The SMILES string of the molecule is CCC(CC)C(C)NC(=O)c1ccnc(C(=O)O)c1. The van der Waals surface area contributed by atoms with Crippen molar-refractivity contribution in [1.82, 2.24) is 10.3 Å². The van der Waals surface area contributed by atoms with E-state index in [0.29, 0.717) is 11.5 Å². The number of amides is 1. The number of carbonyl (C=O) groups excluding carboxylic acids is 1. The molecular formula is C14H20N2O3. The van der Waals surface area contributed by atoms with Crippen LogP contribution >= 0.6 is 0 Å². The van der Waals surface area contributed by atoms with E-state index >= 15 is 0 Å². The van der Waals surface area contributed by atoms with E-state index in [4.69, 9.17) is 5.11 Å². The molecule has 2 N–H and O–H groups in total. The van der Waals surface area contributed by atoms with Crippen molar-refractivity contribution in [2.24, 2.45) is 5.92 Å². The molecule has 1 amide bonds. The van der Waals surface area contributed by atoms with Gasteiger partial charge in [-0.05, 0) is 25.0 Å². The molecule has 0 saturated carbocycles. The minimum Gasteiger partial charge on any atom is -0.477 e. The number of pyridine rings is 1. The van der Waals surface area contributed by atoms with Gasteiger partial charge in [-0.2, -0.15) is 0 Å². The molecule has 5 heteroatoms. The summed E-state index contributed by atoms with van der Waals surface area (Å²) in [6, 6.07) is 2.86. The molecule has 0 aromatic carbocycles. The van der Waals surface area contributed by atoms with Gasteiger partial charge in [-0.3, -0.25) is 4.79 Å². The number of hydrogen-bond donors (Lipinski definition) is 2. The molecule has 0 fully saturated rings. The lowest BCUT2D eigenvalue weighted by Gasteiger charge is -2.22. The maximum atomic E-state index is 12.0. The topological polar surface area (TPSA) is 79.3 Å². The van der Waals surface area contributed by atoms with Crippen LogP contribution in [0.3, 0.4) is 0 Å². The molecule has 1 aromatic rings. The summed E-state index contributed by atoms with van der Waals surface area (Å²) in [5, 5.41) is 11.7. The predicted octanol–water partition coefficient (Wildman–Crippen LogP) is 2.33. The Morgan fingerprint density at radius 2 is 2.00 bits per heavy atom. The van der Waals surface area contributed by atoms with Crippen LogP contribution in [-0.4, -0.2) is 28.0 Å². The summed E-state index contributed by atoms with van der Waals surface area (Å²) in [5.41, 5.74) is 0.202. The van der Waals surface area contributed by atoms with Crippen LogP contribution in [0.1, 0.15) is 54.5 Å². The van der Waals surface area contributed by atoms with Gasteiger partial charge in [0.05, 0.1) is 0 Å². The summed E-state index contributed by atoms with van der Waals surface area (Å²) in [6.45, 7) is 6.15. The van der Waals surface area contributed by atoms with Crippen LogP contribution in [0.4, 0.5) is 0 Å². The van der Waals surface area contributed by atoms with E-state index in [1.807, 2.05) is 6.92 Å². The fourth-order valence-electron chi connectivity index (χ4n) is 2.09. The van der Waals surface area contributed by atoms with Crippen LogP contribution in [-0.2, 0) is 0 Å². The fourth-order valence-corrected chi connectivity index (χ4v) is 2.09. The van der Waals surface area contributed by atoms with E-state index < -0.39 is 5.97 Å². The lowest BCUT2D eigenvalue weighted by Crippen LogP contribution is -2.37. The number of carboxylic acid groups (broad SMARTS) is 1. The second-order valence-corrected chi connectivity index (χ2v) is 4.57. The van der Waals surface area contributed by atoms with Crippen molar-refractivity contribution in [2.45, 2.75) is 39.7 Å². The number of carboxylic acids is 1. The Bertz CT molecular complexity index is 456. The standard InChI is InChI=1S/C14H20N2O3/c1-4-10(5-2)9(3)16-13(17)11-6-7-15-12(8-11)14(18)19/h6-10H,4-5H2,1-3H3,(H,16,17)(H,18,19). The number of nitrogens with zero attached hydrogens (tertiary/aromatic N) is 1. The molecule has 1 aromatic heterocycles. The zero-order chi connectivity index (χ0) is 14.4. The van der Waals surface area contributed by atoms with Gasteiger partial charge < -0.3 is 10.4 Å². The second kappa shape index (κ2) is 6.87. The van der Waals surface area contributed by atoms with Crippen molar-refractivity contribution < 1.29 is 14.7 Å². The Morgan fingerprint density at radius 1 is 1.37 bits per heavy atom. The molecule has 1 heterocycles. The molecular weight excluding hydrogens is 244 g/mol. The van der Waals surface area contributed by atoms with Gasteiger partial charge in [0.1, 0.15) is 5.69 Å². The molecule has 19 heavy (non-hydrogen) atoms. The van der Waals surface area contributed by atoms with Crippen molar-refractivity contribution >= 4 is 11.9 Å². The fraction of sp³-hybridized carbons (Fsp3) is 0.500. The molecule has 0 aliphatic heterocycles. The van der Waals surface area contributed by atoms with Gasteiger partial charge in [0.25, 0.3) is 5.91 Å². The third kappa shape index (κ3) is 4.05. The van der Waals surface area contributed by atoms with Crippen molar-refractivity contribution in [3.8, 4) is 0 Å². The van der Waals surface area contributed by atoms with E-state index in [-0.39, 0.29) is 17.6 Å². The van der Waals surface area contributed by atoms with Crippen LogP contribution in [0, 0.1) is 5.92 Å². The van der Waals surface area contributed by atoms with Crippen molar-refractivity contribution in [3.63, 3.8) is 0 Å². The normalized spacial score (nSPS) is 12.2. The smallest absolute Gasteiger partial charge is 0.354 e. The summed E-state index contributed by atoms with van der Waals surface area (Å²) in [5.74, 6) is -0.975. The summed E-state index contributed by atoms with van der Waals surface area (Å²) in [6.07, 6.45) is 3.32. The van der Waals surface area contributed by atoms with Crippen LogP contribution in [0.2, 0.25) is 0 Å². The Kier molecular flexibility index (Phi) is 5.48. The van der Waals surface area contributed by atoms with Gasteiger partial charge in [0, 0.05) is 17.8 Å². The lowest BCUT2D eigenvalue weighted by molar-refractivity contribution is 0.0690. The van der Waals surface area contributed by atoms with E-state index in [1.165, 1.54) is 18.3 Å². The molecule has 1 unspecified atom stereocenters. The first kappa shape index (κ1) is 15.1. The Balaban J connectivity index is 2.78. The number of carbonyl (C=O) groups is 2. The van der Waals surface area contributed by atoms with Gasteiger partial charge >= 0.3 is 5.97 Å². The van der Waals surface area contributed by atoms with Crippen LogP contribution in [0.25, 0.3) is 0 Å². The quantitative estimate of drug-likeness (QED) is 0.826. The minimum atomic E-state index is -1.14. The van der Waals surface area contributed by atoms with Crippen LogP contribution in [0.5, 0.6) is 0 Å². The highest BCUT2D eigenvalue weighted by molar-refractivity contribution is 5.96. The van der Waals surface area contributed by atoms with E-state index in [2.05, 4.69) is 24.1 Å². The summed E-state index contributed by atoms with van der Waals surface area (Å²) < 4.78 is 0. The molecule has 0 bridgehead atoms. The van der Waals surface area contributed by atoms with E-state index in [9.17, 15) is 9.59 Å². The highest BCUT2D eigenvalue weighted by atomic mass is 16.4. The Morgan fingerprint density at radius 3 is 2.53 bits per heavy atom. The highest BCUT2D eigenvalue weighted by Gasteiger charge is 2.17. The molecule has 1 rings (SSSR count). The number of aromatic carboxylic acids is 1. The number of hydrogen-bond acceptors (Lipinski definition) is 3. The third-order valence-corrected chi connectivity index (χ3v) is 3.36. The maximum Gasteiger partial charge on any atom is 0.354 e. The van der Waals surface area contributed by atoms with Gasteiger partial charge in [-0.1, -0.05) is 26.7 Å². The first-order valence-electron chi connectivity index (χ1n) is 6.49. The van der Waals surface area contributed by atoms with Gasteiger partial charge in [0.15, 0.2) is 0 Å². The summed E-state index contributed by atoms with van der Waals surface area (Å²) >= 11 is 0. The average Bonchev–Trinajstić information content (AvgIpc) is 2.40. The molecule has 104 valence electrons. The first-order valence-corrected chi connectivity index (χ1v) is 6.49. The monoisotopic (exact) mass is 264 g/mol. The van der Waals surface area contributed by atoms with Gasteiger partial charge in [0.2, 0.25) is 0 Å². The lowest BCUT2D eigenvalue weighted by atomic mass is 9.95. The van der Waals surface area contributed by atoms with Gasteiger partial charge in [-0.15, -0.1) is 0 Å².